The Morgan fingerprint density at radius 2 is 1.89 bits per heavy atom. The summed E-state index contributed by atoms with van der Waals surface area (Å²) in [5.74, 6) is -0.400. The largest absolute Gasteiger partial charge is 0.492 e. The normalized spacial score (nSPS) is 17.4. The van der Waals surface area contributed by atoms with Crippen molar-refractivity contribution in [1.29, 1.82) is 0 Å². The number of thiazole rings is 1. The number of hydrogen-bond donors (Lipinski definition) is 3. The minimum Gasteiger partial charge on any atom is -0.492 e. The summed E-state index contributed by atoms with van der Waals surface area (Å²) in [7, 11) is 0. The van der Waals surface area contributed by atoms with Crippen LogP contribution >= 0.6 is 11.3 Å². The number of H-pyrrole nitrogens is 1. The Hall–Kier alpha value is -3.58. The Labute approximate surface area is 216 Å². The molecule has 4 aromatic rings. The maximum absolute atomic E-state index is 13.9. The van der Waals surface area contributed by atoms with Crippen molar-refractivity contribution in [2.45, 2.75) is 31.2 Å². The van der Waals surface area contributed by atoms with Gasteiger partial charge in [0.2, 0.25) is 5.88 Å². The van der Waals surface area contributed by atoms with E-state index >= 15 is 0 Å². The number of nitrogens with two attached hydrogens (primary N) is 1. The predicted octanol–water partition coefficient (Wildman–Crippen LogP) is 6.28. The molecule has 3 heterocycles. The Kier molecular flexibility index (Phi) is 6.59. The molecule has 13 heteroatoms. The van der Waals surface area contributed by atoms with Crippen LogP contribution in [0.4, 0.5) is 31.5 Å². The van der Waals surface area contributed by atoms with E-state index in [0.29, 0.717) is 40.8 Å². The second kappa shape index (κ2) is 9.62. The number of rotatable bonds is 4. The zero-order valence-electron chi connectivity index (χ0n) is 19.6. The molecule has 1 aliphatic heterocycles. The first-order valence-corrected chi connectivity index (χ1v) is 12.4. The third-order valence-electron chi connectivity index (χ3n) is 6.31. The lowest BCUT2D eigenvalue weighted by atomic mass is 9.96. The van der Waals surface area contributed by atoms with Gasteiger partial charge in [-0.15, -0.1) is 0 Å². The molecule has 0 unspecified atom stereocenters. The molecule has 0 amide bonds. The van der Waals surface area contributed by atoms with Gasteiger partial charge >= 0.3 is 12.4 Å². The third kappa shape index (κ3) is 5.20. The fourth-order valence-electron chi connectivity index (χ4n) is 4.45. The molecule has 1 fully saturated rings. The fourth-order valence-corrected chi connectivity index (χ4v) is 5.48. The highest BCUT2D eigenvalue weighted by molar-refractivity contribution is 7.17. The number of anilines is 1. The van der Waals surface area contributed by atoms with E-state index in [2.05, 4.69) is 15.2 Å². The van der Waals surface area contributed by atoms with Crippen LogP contribution in [-0.4, -0.2) is 39.4 Å². The van der Waals surface area contributed by atoms with Crippen LogP contribution in [0.15, 0.2) is 42.6 Å². The van der Waals surface area contributed by atoms with Crippen LogP contribution in [-0.2, 0) is 12.4 Å². The topological polar surface area (TPSA) is 91.1 Å². The molecule has 38 heavy (non-hydrogen) atoms. The van der Waals surface area contributed by atoms with Gasteiger partial charge in [0, 0.05) is 30.1 Å². The van der Waals surface area contributed by atoms with Gasteiger partial charge in [0.25, 0.3) is 0 Å². The summed E-state index contributed by atoms with van der Waals surface area (Å²) in [6.45, 7) is 1.15. The molecule has 4 N–H and O–H groups in total. The molecular weight excluding hydrogens is 532 g/mol. The van der Waals surface area contributed by atoms with Crippen LogP contribution in [0.25, 0.3) is 22.6 Å². The summed E-state index contributed by atoms with van der Waals surface area (Å²) in [6.07, 6.45) is -5.69. The molecule has 5 rings (SSSR count). The van der Waals surface area contributed by atoms with Crippen LogP contribution in [0.5, 0.6) is 5.88 Å². The Morgan fingerprint density at radius 3 is 2.61 bits per heavy atom. The third-order valence-corrected chi connectivity index (χ3v) is 7.45. The van der Waals surface area contributed by atoms with Crippen molar-refractivity contribution in [3.8, 4) is 5.88 Å². The monoisotopic (exact) mass is 553 g/mol. The lowest BCUT2D eigenvalue weighted by Crippen LogP contribution is -2.42. The predicted molar refractivity (Wildman–Crippen MR) is 133 cm³/mol. The van der Waals surface area contributed by atoms with Crippen molar-refractivity contribution in [3.63, 3.8) is 0 Å². The minimum atomic E-state index is -5.06. The number of nitrogens with zero attached hydrogens (tertiary/aromatic N) is 3. The van der Waals surface area contributed by atoms with E-state index < -0.39 is 34.9 Å². The van der Waals surface area contributed by atoms with Gasteiger partial charge in [0.05, 0.1) is 22.8 Å². The van der Waals surface area contributed by atoms with Crippen LogP contribution in [0.2, 0.25) is 0 Å². The van der Waals surface area contributed by atoms with E-state index in [1.165, 1.54) is 6.20 Å². The van der Waals surface area contributed by atoms with Gasteiger partial charge in [-0.3, -0.25) is 5.10 Å². The lowest BCUT2D eigenvalue weighted by molar-refractivity contribution is -0.143. The van der Waals surface area contributed by atoms with Crippen LogP contribution in [0.1, 0.15) is 40.0 Å². The van der Waals surface area contributed by atoms with Gasteiger partial charge in [-0.25, -0.2) is 0 Å². The highest BCUT2D eigenvalue weighted by atomic mass is 32.1. The summed E-state index contributed by atoms with van der Waals surface area (Å²) in [4.78, 5) is 6.32. The van der Waals surface area contributed by atoms with E-state index in [9.17, 15) is 31.4 Å². The molecule has 0 saturated carbocycles. The van der Waals surface area contributed by atoms with Gasteiger partial charge in [0.1, 0.15) is 4.88 Å². The molecule has 2 aromatic carbocycles. The van der Waals surface area contributed by atoms with Crippen molar-refractivity contribution in [1.82, 2.24) is 15.2 Å². The Morgan fingerprint density at radius 1 is 1.11 bits per heavy atom. The van der Waals surface area contributed by atoms with Crippen LogP contribution in [0, 0.1) is 0 Å². The molecule has 1 aliphatic rings. The summed E-state index contributed by atoms with van der Waals surface area (Å²) < 4.78 is 81.4. The van der Waals surface area contributed by atoms with E-state index in [-0.39, 0.29) is 22.6 Å². The summed E-state index contributed by atoms with van der Waals surface area (Å²) >= 11 is 1.07. The van der Waals surface area contributed by atoms with E-state index in [1.54, 1.807) is 18.2 Å². The van der Waals surface area contributed by atoms with Crippen LogP contribution in [0.3, 0.4) is 0 Å². The molecular formula is C25H21F6N5OS. The van der Waals surface area contributed by atoms with Gasteiger partial charge < -0.3 is 15.7 Å². The summed E-state index contributed by atoms with van der Waals surface area (Å²) in [6, 6.07) is 6.35. The zero-order valence-corrected chi connectivity index (χ0v) is 20.4. The van der Waals surface area contributed by atoms with Crippen molar-refractivity contribution < 1.29 is 31.4 Å². The standard InChI is InChI=1S/C25H21F6N5OS/c26-24(27,28)16-5-3-14(19(10-16)25(29,30)31)9-18(13-4-6-20-15(8-13)11-33-35-20)21-22(37)34-23(38-21)36-7-1-2-17(32)12-36/h3-6,8-11,17,37H,1-2,7,12,32H2,(H,33,35)/t17-/m0/s1. The molecule has 200 valence electrons. The first-order valence-electron chi connectivity index (χ1n) is 11.5. The second-order valence-electron chi connectivity index (χ2n) is 9.03. The SMILES string of the molecule is N[C@H]1CCCN(c2nc(O)c(C(=Cc3ccc(C(F)(F)F)cc3C(F)(F)F)c3ccc4[nH]ncc4c3)s2)C1. The van der Waals surface area contributed by atoms with Crippen molar-refractivity contribution in [2.24, 2.45) is 5.73 Å². The number of aromatic hydroxyl groups is 1. The molecule has 0 radical (unpaired) electrons. The number of halogens is 6. The molecule has 1 atom stereocenters. The highest BCUT2D eigenvalue weighted by Gasteiger charge is 2.38. The maximum Gasteiger partial charge on any atom is 0.417 e. The Bertz CT molecular complexity index is 1510. The average Bonchev–Trinajstić information content (AvgIpc) is 3.47. The van der Waals surface area contributed by atoms with Gasteiger partial charge in [-0.05, 0) is 54.3 Å². The molecule has 6 nitrogen and oxygen atoms in total. The molecule has 1 saturated heterocycles. The van der Waals surface area contributed by atoms with E-state index in [0.717, 1.165) is 36.3 Å². The molecule has 0 bridgehead atoms. The van der Waals surface area contributed by atoms with Crippen molar-refractivity contribution >= 4 is 39.0 Å². The maximum atomic E-state index is 13.9. The number of benzene rings is 2. The summed E-state index contributed by atoms with van der Waals surface area (Å²) in [5.41, 5.74) is 4.00. The zero-order chi connectivity index (χ0) is 27.2. The molecule has 2 aromatic heterocycles. The van der Waals surface area contributed by atoms with Crippen molar-refractivity contribution in [2.75, 3.05) is 18.0 Å². The number of fused-ring (bicyclic) bond motifs is 1. The van der Waals surface area contributed by atoms with E-state index in [1.807, 2.05) is 4.90 Å². The van der Waals surface area contributed by atoms with Gasteiger partial charge in [-0.1, -0.05) is 23.5 Å². The van der Waals surface area contributed by atoms with Gasteiger partial charge in [0.15, 0.2) is 5.13 Å². The van der Waals surface area contributed by atoms with E-state index in [4.69, 9.17) is 5.73 Å². The van der Waals surface area contributed by atoms with Crippen LogP contribution < -0.4 is 10.6 Å². The first kappa shape index (κ1) is 26.0. The number of aromatic amines is 1. The number of hydrogen-bond acceptors (Lipinski definition) is 6. The highest BCUT2D eigenvalue weighted by Crippen LogP contribution is 2.43. The number of alkyl halides is 6. The number of nitrogens with one attached hydrogen (secondary N) is 1. The van der Waals surface area contributed by atoms with Crippen molar-refractivity contribution in [3.05, 3.63) is 69.7 Å². The minimum absolute atomic E-state index is 0.0850. The number of piperidine rings is 1. The Balaban J connectivity index is 1.69. The lowest BCUT2D eigenvalue weighted by Gasteiger charge is -2.30. The second-order valence-corrected chi connectivity index (χ2v) is 10.0. The van der Waals surface area contributed by atoms with Gasteiger partial charge in [-0.2, -0.15) is 36.4 Å². The summed E-state index contributed by atoms with van der Waals surface area (Å²) in [5, 5.41) is 18.6. The number of aromatic nitrogens is 3. The quantitative estimate of drug-likeness (QED) is 0.205. The first-order chi connectivity index (χ1) is 17.9. The smallest absolute Gasteiger partial charge is 0.417 e. The molecule has 0 spiro atoms. The molecule has 0 aliphatic carbocycles. The fraction of sp³-hybridized carbons (Fsp3) is 0.280. The average molecular weight is 554 g/mol.